The lowest BCUT2D eigenvalue weighted by atomic mass is 9.87. The van der Waals surface area contributed by atoms with Crippen LogP contribution in [0.5, 0.6) is 0 Å². The molecule has 0 aromatic heterocycles. The number of carbonyl (C=O) groups is 2. The van der Waals surface area contributed by atoms with Gasteiger partial charge in [0.05, 0.1) is 0 Å². The van der Waals surface area contributed by atoms with Gasteiger partial charge < -0.3 is 4.74 Å². The van der Waals surface area contributed by atoms with Crippen LogP contribution in [0.3, 0.4) is 0 Å². The zero-order valence-electron chi connectivity index (χ0n) is 7.72. The highest BCUT2D eigenvalue weighted by atomic mass is 16.6. The van der Waals surface area contributed by atoms with Gasteiger partial charge in [0, 0.05) is 18.3 Å². The maximum atomic E-state index is 11.5. The summed E-state index contributed by atoms with van der Waals surface area (Å²) in [6, 6.07) is 0. The van der Waals surface area contributed by atoms with Gasteiger partial charge in [-0.15, -0.1) is 0 Å². The third kappa shape index (κ3) is 1.84. The summed E-state index contributed by atoms with van der Waals surface area (Å²) in [4.78, 5) is 22.2. The van der Waals surface area contributed by atoms with Gasteiger partial charge in [0.1, 0.15) is 0 Å². The molecular weight excluding hydrogens is 156 g/mol. The number of ether oxygens (including phenoxy) is 1. The Balaban J connectivity index is 2.61. The van der Waals surface area contributed by atoms with Gasteiger partial charge in [0.15, 0.2) is 11.9 Å². The van der Waals surface area contributed by atoms with Crippen molar-refractivity contribution in [2.75, 3.05) is 0 Å². The van der Waals surface area contributed by atoms with Crippen molar-refractivity contribution in [3.8, 4) is 0 Å². The lowest BCUT2D eigenvalue weighted by molar-refractivity contribution is -0.150. The van der Waals surface area contributed by atoms with E-state index >= 15 is 0 Å². The molecule has 0 saturated carbocycles. The van der Waals surface area contributed by atoms with Crippen LogP contribution in [0.2, 0.25) is 0 Å². The monoisotopic (exact) mass is 170 g/mol. The molecule has 1 rings (SSSR count). The van der Waals surface area contributed by atoms with Crippen molar-refractivity contribution in [2.45, 2.75) is 39.7 Å². The van der Waals surface area contributed by atoms with E-state index in [2.05, 4.69) is 0 Å². The van der Waals surface area contributed by atoms with Crippen molar-refractivity contribution in [1.29, 1.82) is 0 Å². The fraction of sp³-hybridized carbons (Fsp3) is 0.778. The zero-order chi connectivity index (χ0) is 9.35. The largest absolute Gasteiger partial charge is 0.454 e. The first-order chi connectivity index (χ1) is 5.41. The number of cyclic esters (lactones) is 1. The predicted molar refractivity (Wildman–Crippen MR) is 43.6 cm³/mol. The summed E-state index contributed by atoms with van der Waals surface area (Å²) >= 11 is 0. The zero-order valence-corrected chi connectivity index (χ0v) is 7.72. The Morgan fingerprint density at radius 3 is 2.42 bits per heavy atom. The first-order valence-electron chi connectivity index (χ1n) is 4.15. The highest BCUT2D eigenvalue weighted by molar-refractivity contribution is 5.91. The summed E-state index contributed by atoms with van der Waals surface area (Å²) in [5.41, 5.74) is -0.407. The molecule has 12 heavy (non-hydrogen) atoms. The van der Waals surface area contributed by atoms with E-state index in [4.69, 9.17) is 4.74 Å². The molecule has 0 aliphatic carbocycles. The Morgan fingerprint density at radius 2 is 2.08 bits per heavy atom. The Kier molecular flexibility index (Phi) is 2.22. The number of esters is 1. The van der Waals surface area contributed by atoms with Crippen molar-refractivity contribution in [3.63, 3.8) is 0 Å². The van der Waals surface area contributed by atoms with Crippen LogP contribution in [0.25, 0.3) is 0 Å². The molecule has 1 aliphatic rings. The molecule has 1 atom stereocenters. The second kappa shape index (κ2) is 2.88. The molecule has 0 aromatic carbocycles. The molecule has 1 saturated heterocycles. The van der Waals surface area contributed by atoms with E-state index in [1.54, 1.807) is 0 Å². The molecule has 0 radical (unpaired) electrons. The average molecular weight is 170 g/mol. The third-order valence-corrected chi connectivity index (χ3v) is 1.92. The summed E-state index contributed by atoms with van der Waals surface area (Å²) in [7, 11) is 0. The highest BCUT2D eigenvalue weighted by Gasteiger charge is 2.35. The first-order valence-corrected chi connectivity index (χ1v) is 4.15. The second-order valence-electron chi connectivity index (χ2n) is 4.13. The molecule has 3 heteroatoms. The molecule has 1 aliphatic heterocycles. The standard InChI is InChI=1S/C9H14O3/c1-9(2,3)8(11)6-4-5-7(10)12-6/h6H,4-5H2,1-3H3/t6-/m0/s1. The van der Waals surface area contributed by atoms with E-state index in [0.29, 0.717) is 12.8 Å². The number of carbonyl (C=O) groups excluding carboxylic acids is 2. The SMILES string of the molecule is CC(C)(C)C(=O)[C@@H]1CCC(=O)O1. The quantitative estimate of drug-likeness (QED) is 0.557. The minimum atomic E-state index is -0.488. The minimum absolute atomic E-state index is 0.0216. The van der Waals surface area contributed by atoms with Crippen LogP contribution in [0, 0.1) is 5.41 Å². The van der Waals surface area contributed by atoms with E-state index in [9.17, 15) is 9.59 Å². The molecule has 0 N–H and O–H groups in total. The van der Waals surface area contributed by atoms with Gasteiger partial charge in [0.2, 0.25) is 0 Å². The van der Waals surface area contributed by atoms with Gasteiger partial charge in [0.25, 0.3) is 0 Å². The lowest BCUT2D eigenvalue weighted by Crippen LogP contribution is -2.32. The summed E-state index contributed by atoms with van der Waals surface area (Å²) in [6.07, 6.45) is 0.444. The Hall–Kier alpha value is -0.860. The molecule has 68 valence electrons. The number of Topliss-reactive ketones (excluding diaryl/α,β-unsaturated/α-hetero) is 1. The van der Waals surface area contributed by atoms with Crippen LogP contribution in [0.15, 0.2) is 0 Å². The Bertz CT molecular complexity index is 212. The van der Waals surface area contributed by atoms with E-state index in [-0.39, 0.29) is 11.8 Å². The maximum absolute atomic E-state index is 11.5. The topological polar surface area (TPSA) is 43.4 Å². The van der Waals surface area contributed by atoms with Crippen LogP contribution in [0.1, 0.15) is 33.6 Å². The van der Waals surface area contributed by atoms with Crippen molar-refractivity contribution in [2.24, 2.45) is 5.41 Å². The Labute approximate surface area is 72.1 Å². The summed E-state index contributed by atoms with van der Waals surface area (Å²) in [5.74, 6) is -0.231. The molecule has 0 amide bonds. The molecule has 1 fully saturated rings. The first kappa shape index (κ1) is 9.23. The van der Waals surface area contributed by atoms with Crippen LogP contribution >= 0.6 is 0 Å². The van der Waals surface area contributed by atoms with Crippen LogP contribution in [0.4, 0.5) is 0 Å². The second-order valence-corrected chi connectivity index (χ2v) is 4.13. The number of ketones is 1. The molecule has 0 spiro atoms. The average Bonchev–Trinajstić information content (AvgIpc) is 2.32. The van der Waals surface area contributed by atoms with Crippen LogP contribution in [-0.4, -0.2) is 17.9 Å². The van der Waals surface area contributed by atoms with Gasteiger partial charge in [-0.05, 0) is 0 Å². The number of rotatable bonds is 1. The Morgan fingerprint density at radius 1 is 1.50 bits per heavy atom. The molecule has 0 unspecified atom stereocenters. The van der Waals surface area contributed by atoms with E-state index < -0.39 is 11.5 Å². The van der Waals surface area contributed by atoms with E-state index in [1.807, 2.05) is 20.8 Å². The lowest BCUT2D eigenvalue weighted by Gasteiger charge is -2.19. The molecular formula is C9H14O3. The summed E-state index contributed by atoms with van der Waals surface area (Å²) in [5, 5.41) is 0. The van der Waals surface area contributed by atoms with Crippen LogP contribution in [-0.2, 0) is 14.3 Å². The maximum Gasteiger partial charge on any atom is 0.306 e. The number of hydrogen-bond donors (Lipinski definition) is 0. The van der Waals surface area contributed by atoms with Crippen molar-refractivity contribution >= 4 is 11.8 Å². The molecule has 0 bridgehead atoms. The van der Waals surface area contributed by atoms with Gasteiger partial charge >= 0.3 is 5.97 Å². The third-order valence-electron chi connectivity index (χ3n) is 1.92. The summed E-state index contributed by atoms with van der Waals surface area (Å²) < 4.78 is 4.86. The van der Waals surface area contributed by atoms with Crippen molar-refractivity contribution < 1.29 is 14.3 Å². The fourth-order valence-corrected chi connectivity index (χ4v) is 1.19. The molecule has 0 aromatic rings. The minimum Gasteiger partial charge on any atom is -0.454 e. The van der Waals surface area contributed by atoms with Gasteiger partial charge in [-0.25, -0.2) is 0 Å². The molecule has 3 nitrogen and oxygen atoms in total. The van der Waals surface area contributed by atoms with Crippen molar-refractivity contribution in [1.82, 2.24) is 0 Å². The molecule has 1 heterocycles. The highest BCUT2D eigenvalue weighted by Crippen LogP contribution is 2.24. The van der Waals surface area contributed by atoms with E-state index in [0.717, 1.165) is 0 Å². The fourth-order valence-electron chi connectivity index (χ4n) is 1.19. The van der Waals surface area contributed by atoms with Crippen molar-refractivity contribution in [3.05, 3.63) is 0 Å². The van der Waals surface area contributed by atoms with Crippen LogP contribution < -0.4 is 0 Å². The summed E-state index contributed by atoms with van der Waals surface area (Å²) in [6.45, 7) is 5.50. The van der Waals surface area contributed by atoms with E-state index in [1.165, 1.54) is 0 Å². The number of hydrogen-bond acceptors (Lipinski definition) is 3. The van der Waals surface area contributed by atoms with Gasteiger partial charge in [-0.3, -0.25) is 9.59 Å². The normalized spacial score (nSPS) is 23.9. The smallest absolute Gasteiger partial charge is 0.306 e. The van der Waals surface area contributed by atoms with Gasteiger partial charge in [-0.1, -0.05) is 20.8 Å². The van der Waals surface area contributed by atoms with Gasteiger partial charge in [-0.2, -0.15) is 0 Å². The predicted octanol–water partition coefficient (Wildman–Crippen LogP) is 1.31.